The SMILES string of the molecule is Cc1ccc(C(Br)c2c(F)cc(Br)cc2F)cc1C. The normalized spacial score (nSPS) is 12.5. The first-order valence-corrected chi connectivity index (χ1v) is 7.46. The number of aryl methyl sites for hydroxylation is 2. The van der Waals surface area contributed by atoms with Gasteiger partial charge in [0, 0.05) is 10.0 Å². The van der Waals surface area contributed by atoms with Crippen molar-refractivity contribution in [1.29, 1.82) is 0 Å². The summed E-state index contributed by atoms with van der Waals surface area (Å²) in [5.41, 5.74) is 3.12. The average Bonchev–Trinajstić information content (AvgIpc) is 2.31. The predicted molar refractivity (Wildman–Crippen MR) is 80.7 cm³/mol. The molecule has 0 fully saturated rings. The summed E-state index contributed by atoms with van der Waals surface area (Å²) in [5.74, 6) is -1.13. The minimum absolute atomic E-state index is 0.0338. The number of alkyl halides is 1. The van der Waals surface area contributed by atoms with Crippen molar-refractivity contribution < 1.29 is 8.78 Å². The molecule has 0 nitrogen and oxygen atoms in total. The Morgan fingerprint density at radius 1 is 0.947 bits per heavy atom. The number of hydrogen-bond acceptors (Lipinski definition) is 0. The van der Waals surface area contributed by atoms with Crippen LogP contribution in [-0.4, -0.2) is 0 Å². The van der Waals surface area contributed by atoms with E-state index in [1.54, 1.807) is 0 Å². The summed E-state index contributed by atoms with van der Waals surface area (Å²) < 4.78 is 28.2. The Hall–Kier alpha value is -0.740. The van der Waals surface area contributed by atoms with Crippen LogP contribution in [0.15, 0.2) is 34.8 Å². The molecule has 0 aromatic heterocycles. The van der Waals surface area contributed by atoms with Crippen LogP contribution in [0.4, 0.5) is 8.78 Å². The second kappa shape index (κ2) is 5.71. The van der Waals surface area contributed by atoms with Crippen molar-refractivity contribution in [3.63, 3.8) is 0 Å². The number of rotatable bonds is 2. The van der Waals surface area contributed by atoms with Gasteiger partial charge in [-0.25, -0.2) is 8.78 Å². The third-order valence-corrected chi connectivity index (χ3v) is 4.57. The molecule has 0 bridgehead atoms. The van der Waals surface area contributed by atoms with Crippen LogP contribution in [0.5, 0.6) is 0 Å². The predicted octanol–water partition coefficient (Wildman–Crippen LogP) is 5.83. The van der Waals surface area contributed by atoms with E-state index in [1.807, 2.05) is 32.0 Å². The van der Waals surface area contributed by atoms with Crippen molar-refractivity contribution in [2.24, 2.45) is 0 Å². The Morgan fingerprint density at radius 2 is 1.53 bits per heavy atom. The average molecular weight is 390 g/mol. The molecule has 0 heterocycles. The van der Waals surface area contributed by atoms with E-state index in [4.69, 9.17) is 0 Å². The Morgan fingerprint density at radius 3 is 2.05 bits per heavy atom. The number of benzene rings is 2. The highest BCUT2D eigenvalue weighted by Gasteiger charge is 2.20. The van der Waals surface area contributed by atoms with Gasteiger partial charge in [0.25, 0.3) is 0 Å². The Labute approximate surface area is 128 Å². The van der Waals surface area contributed by atoms with Crippen LogP contribution in [0.1, 0.15) is 27.1 Å². The van der Waals surface area contributed by atoms with Crippen molar-refractivity contribution in [3.8, 4) is 0 Å². The van der Waals surface area contributed by atoms with E-state index in [0.29, 0.717) is 4.47 Å². The summed E-state index contributed by atoms with van der Waals surface area (Å²) in [4.78, 5) is -0.500. The fourth-order valence-corrected chi connectivity index (χ4v) is 3.01. The zero-order chi connectivity index (χ0) is 14.2. The summed E-state index contributed by atoms with van der Waals surface area (Å²) >= 11 is 6.46. The molecule has 0 spiro atoms. The summed E-state index contributed by atoms with van der Waals surface area (Å²) in [6.45, 7) is 3.98. The maximum Gasteiger partial charge on any atom is 0.131 e. The standard InChI is InChI=1S/C15H12Br2F2/c1-8-3-4-10(5-9(8)2)15(17)14-12(18)6-11(16)7-13(14)19/h3-7,15H,1-2H3. The van der Waals surface area contributed by atoms with Gasteiger partial charge in [-0.05, 0) is 42.7 Å². The lowest BCUT2D eigenvalue weighted by molar-refractivity contribution is 0.559. The van der Waals surface area contributed by atoms with E-state index in [0.717, 1.165) is 16.7 Å². The van der Waals surface area contributed by atoms with Crippen LogP contribution >= 0.6 is 31.9 Å². The van der Waals surface area contributed by atoms with Gasteiger partial charge in [-0.1, -0.05) is 50.1 Å². The van der Waals surface area contributed by atoms with Gasteiger partial charge in [-0.15, -0.1) is 0 Å². The highest BCUT2D eigenvalue weighted by molar-refractivity contribution is 9.10. The lowest BCUT2D eigenvalue weighted by atomic mass is 10.00. The van der Waals surface area contributed by atoms with Crippen LogP contribution in [0.3, 0.4) is 0 Å². The molecule has 1 unspecified atom stereocenters. The first-order valence-electron chi connectivity index (χ1n) is 5.76. The minimum atomic E-state index is -0.563. The lowest BCUT2D eigenvalue weighted by Gasteiger charge is -2.14. The molecule has 0 aliphatic carbocycles. The van der Waals surface area contributed by atoms with Gasteiger partial charge >= 0.3 is 0 Å². The second-order valence-electron chi connectivity index (χ2n) is 4.49. The van der Waals surface area contributed by atoms with Gasteiger partial charge in [-0.3, -0.25) is 0 Å². The fraction of sp³-hybridized carbons (Fsp3) is 0.200. The molecule has 0 amide bonds. The van der Waals surface area contributed by atoms with Crippen molar-refractivity contribution in [1.82, 2.24) is 0 Å². The molecule has 0 radical (unpaired) electrons. The molecule has 2 rings (SSSR count). The van der Waals surface area contributed by atoms with Crippen LogP contribution in [-0.2, 0) is 0 Å². The first-order chi connectivity index (χ1) is 8.90. The largest absolute Gasteiger partial charge is 0.206 e. The Kier molecular flexibility index (Phi) is 4.41. The highest BCUT2D eigenvalue weighted by Crippen LogP contribution is 2.36. The van der Waals surface area contributed by atoms with Crippen LogP contribution in [0.2, 0.25) is 0 Å². The molecule has 0 aliphatic heterocycles. The molecule has 0 aliphatic rings. The van der Waals surface area contributed by atoms with Crippen LogP contribution in [0.25, 0.3) is 0 Å². The maximum absolute atomic E-state index is 13.9. The van der Waals surface area contributed by atoms with E-state index >= 15 is 0 Å². The van der Waals surface area contributed by atoms with Crippen molar-refractivity contribution in [3.05, 3.63) is 68.7 Å². The monoisotopic (exact) mass is 388 g/mol. The van der Waals surface area contributed by atoms with Gasteiger partial charge in [0.1, 0.15) is 11.6 Å². The highest BCUT2D eigenvalue weighted by atomic mass is 79.9. The molecule has 1 atom stereocenters. The Bertz CT molecular complexity index is 601. The molecular weight excluding hydrogens is 378 g/mol. The van der Waals surface area contributed by atoms with Gasteiger partial charge in [-0.2, -0.15) is 0 Å². The van der Waals surface area contributed by atoms with Gasteiger partial charge < -0.3 is 0 Å². The van der Waals surface area contributed by atoms with E-state index in [9.17, 15) is 8.78 Å². The molecule has 2 aromatic rings. The summed E-state index contributed by atoms with van der Waals surface area (Å²) in [6, 6.07) is 8.31. The van der Waals surface area contributed by atoms with Gasteiger partial charge in [0.15, 0.2) is 0 Å². The van der Waals surface area contributed by atoms with Crippen molar-refractivity contribution >= 4 is 31.9 Å². The molecule has 2 aromatic carbocycles. The fourth-order valence-electron chi connectivity index (χ4n) is 1.88. The first kappa shape index (κ1) is 14.7. The molecule has 0 saturated carbocycles. The minimum Gasteiger partial charge on any atom is -0.206 e. The molecule has 0 saturated heterocycles. The van der Waals surface area contributed by atoms with Crippen molar-refractivity contribution in [2.45, 2.75) is 18.7 Å². The van der Waals surface area contributed by atoms with E-state index in [-0.39, 0.29) is 5.56 Å². The van der Waals surface area contributed by atoms with Crippen molar-refractivity contribution in [2.75, 3.05) is 0 Å². The Balaban J connectivity index is 2.49. The molecule has 19 heavy (non-hydrogen) atoms. The van der Waals surface area contributed by atoms with Gasteiger partial charge in [0.05, 0.1) is 4.83 Å². The third kappa shape index (κ3) is 3.06. The topological polar surface area (TPSA) is 0 Å². The number of halogens is 4. The van der Waals surface area contributed by atoms with E-state index in [1.165, 1.54) is 12.1 Å². The molecule has 4 heteroatoms. The zero-order valence-electron chi connectivity index (χ0n) is 10.5. The van der Waals surface area contributed by atoms with Gasteiger partial charge in [0.2, 0.25) is 0 Å². The van der Waals surface area contributed by atoms with E-state index in [2.05, 4.69) is 31.9 Å². The lowest BCUT2D eigenvalue weighted by Crippen LogP contribution is -2.01. The summed E-state index contributed by atoms with van der Waals surface area (Å²) in [5, 5.41) is 0. The third-order valence-electron chi connectivity index (χ3n) is 3.12. The zero-order valence-corrected chi connectivity index (χ0v) is 13.6. The second-order valence-corrected chi connectivity index (χ2v) is 6.32. The van der Waals surface area contributed by atoms with Crippen LogP contribution in [0, 0.1) is 25.5 Å². The summed E-state index contributed by atoms with van der Waals surface area (Å²) in [7, 11) is 0. The maximum atomic E-state index is 13.9. The molecular formula is C15H12Br2F2. The van der Waals surface area contributed by atoms with E-state index < -0.39 is 16.5 Å². The smallest absolute Gasteiger partial charge is 0.131 e. The van der Waals surface area contributed by atoms with Crippen LogP contribution < -0.4 is 0 Å². The molecule has 100 valence electrons. The summed E-state index contributed by atoms with van der Waals surface area (Å²) in [6.07, 6.45) is 0. The quantitative estimate of drug-likeness (QED) is 0.567. The molecule has 0 N–H and O–H groups in total. The number of hydrogen-bond donors (Lipinski definition) is 0.